The predicted molar refractivity (Wildman–Crippen MR) is 127 cm³/mol. The zero-order valence-corrected chi connectivity index (χ0v) is 19.8. The van der Waals surface area contributed by atoms with Crippen LogP contribution in [0.2, 0.25) is 0 Å². The minimum Gasteiger partial charge on any atom is -0.462 e. The normalized spacial score (nSPS) is 20.7. The first-order chi connectivity index (χ1) is 16.3. The molecular formula is C28H29NO5. The van der Waals surface area contributed by atoms with Crippen molar-refractivity contribution >= 4 is 11.8 Å². The molecule has 176 valence electrons. The number of ether oxygens (including phenoxy) is 3. The zero-order valence-electron chi connectivity index (χ0n) is 19.8. The van der Waals surface area contributed by atoms with Crippen molar-refractivity contribution in [1.29, 1.82) is 0 Å². The van der Waals surface area contributed by atoms with Crippen LogP contribution in [-0.4, -0.2) is 25.2 Å². The van der Waals surface area contributed by atoms with Crippen molar-refractivity contribution in [3.05, 3.63) is 82.2 Å². The second-order valence-corrected chi connectivity index (χ2v) is 9.91. The van der Waals surface area contributed by atoms with Gasteiger partial charge in [0.25, 0.3) is 0 Å². The number of hydrogen-bond acceptors (Lipinski definition) is 6. The van der Waals surface area contributed by atoms with Gasteiger partial charge in [-0.2, -0.15) is 0 Å². The zero-order chi connectivity index (χ0) is 23.9. The molecule has 1 N–H and O–H groups in total. The lowest BCUT2D eigenvalue weighted by Crippen LogP contribution is -2.38. The molecule has 0 spiro atoms. The Morgan fingerprint density at radius 1 is 1.09 bits per heavy atom. The molecule has 0 amide bonds. The molecule has 34 heavy (non-hydrogen) atoms. The lowest BCUT2D eigenvalue weighted by atomic mass is 9.68. The predicted octanol–water partition coefficient (Wildman–Crippen LogP) is 4.81. The molecule has 2 aromatic carbocycles. The topological polar surface area (TPSA) is 73.9 Å². The molecule has 2 heterocycles. The van der Waals surface area contributed by atoms with Gasteiger partial charge in [0, 0.05) is 35.7 Å². The molecule has 0 radical (unpaired) electrons. The fraction of sp³-hybridized carbons (Fsp3) is 0.357. The van der Waals surface area contributed by atoms with E-state index >= 15 is 0 Å². The van der Waals surface area contributed by atoms with Gasteiger partial charge in [0.05, 0.1) is 12.2 Å². The van der Waals surface area contributed by atoms with E-state index < -0.39 is 11.9 Å². The van der Waals surface area contributed by atoms with Crippen LogP contribution < -0.4 is 14.8 Å². The fourth-order valence-electron chi connectivity index (χ4n) is 5.12. The monoisotopic (exact) mass is 459 g/mol. The molecular weight excluding hydrogens is 430 g/mol. The van der Waals surface area contributed by atoms with E-state index in [1.165, 1.54) is 0 Å². The van der Waals surface area contributed by atoms with Crippen LogP contribution in [0.3, 0.4) is 0 Å². The van der Waals surface area contributed by atoms with Crippen LogP contribution in [0.4, 0.5) is 0 Å². The van der Waals surface area contributed by atoms with Gasteiger partial charge in [-0.3, -0.25) is 4.79 Å². The fourth-order valence-corrected chi connectivity index (χ4v) is 5.12. The van der Waals surface area contributed by atoms with Crippen molar-refractivity contribution in [3.63, 3.8) is 0 Å². The molecule has 5 rings (SSSR count). The van der Waals surface area contributed by atoms with Crippen molar-refractivity contribution in [2.75, 3.05) is 13.4 Å². The summed E-state index contributed by atoms with van der Waals surface area (Å²) in [6, 6.07) is 15.5. The van der Waals surface area contributed by atoms with Gasteiger partial charge >= 0.3 is 5.97 Å². The third-order valence-corrected chi connectivity index (χ3v) is 6.66. The van der Waals surface area contributed by atoms with Crippen LogP contribution in [0.25, 0.3) is 0 Å². The number of ketones is 1. The molecule has 2 aromatic rings. The van der Waals surface area contributed by atoms with Gasteiger partial charge in [-0.25, -0.2) is 4.79 Å². The Balaban J connectivity index is 1.49. The molecule has 6 heteroatoms. The Morgan fingerprint density at radius 2 is 1.85 bits per heavy atom. The average molecular weight is 460 g/mol. The summed E-state index contributed by atoms with van der Waals surface area (Å²) < 4.78 is 16.8. The van der Waals surface area contributed by atoms with E-state index in [9.17, 15) is 9.59 Å². The van der Waals surface area contributed by atoms with Crippen LogP contribution in [0.1, 0.15) is 50.7 Å². The van der Waals surface area contributed by atoms with Gasteiger partial charge in [-0.05, 0) is 42.0 Å². The van der Waals surface area contributed by atoms with Gasteiger partial charge in [-0.15, -0.1) is 0 Å². The van der Waals surface area contributed by atoms with Gasteiger partial charge in [0.1, 0.15) is 0 Å². The van der Waals surface area contributed by atoms with Crippen LogP contribution in [0.15, 0.2) is 71.1 Å². The first-order valence-corrected chi connectivity index (χ1v) is 11.7. The highest BCUT2D eigenvalue weighted by Gasteiger charge is 2.43. The Labute approximate surface area is 199 Å². The Hall–Kier alpha value is -3.54. The molecule has 0 bridgehead atoms. The number of Topliss-reactive ketones (excluding diaryl/α,β-unsaturated/α-hetero) is 1. The Bertz CT molecular complexity index is 1210. The highest BCUT2D eigenvalue weighted by molar-refractivity contribution is 6.04. The van der Waals surface area contributed by atoms with Crippen molar-refractivity contribution in [1.82, 2.24) is 5.32 Å². The number of benzene rings is 2. The third kappa shape index (κ3) is 4.20. The molecule has 0 saturated carbocycles. The number of esters is 1. The summed E-state index contributed by atoms with van der Waals surface area (Å²) >= 11 is 0. The summed E-state index contributed by atoms with van der Waals surface area (Å²) in [7, 11) is 0. The number of rotatable bonds is 5. The molecule has 1 atom stereocenters. The summed E-state index contributed by atoms with van der Waals surface area (Å²) in [5.74, 6) is 0.418. The van der Waals surface area contributed by atoms with Gasteiger partial charge in [0.15, 0.2) is 17.3 Å². The molecule has 1 unspecified atom stereocenters. The van der Waals surface area contributed by atoms with E-state index in [1.54, 1.807) is 0 Å². The smallest absolute Gasteiger partial charge is 0.336 e. The van der Waals surface area contributed by atoms with Gasteiger partial charge < -0.3 is 19.5 Å². The average Bonchev–Trinajstić information content (AvgIpc) is 3.26. The van der Waals surface area contributed by atoms with Crippen molar-refractivity contribution < 1.29 is 23.8 Å². The lowest BCUT2D eigenvalue weighted by Gasteiger charge is -2.39. The number of fused-ring (bicyclic) bond motifs is 1. The molecule has 0 aromatic heterocycles. The Morgan fingerprint density at radius 3 is 2.65 bits per heavy atom. The number of dihydropyridines is 1. The molecule has 3 aliphatic rings. The van der Waals surface area contributed by atoms with E-state index in [1.807, 2.05) is 55.5 Å². The van der Waals surface area contributed by atoms with E-state index in [2.05, 4.69) is 19.2 Å². The van der Waals surface area contributed by atoms with Crippen LogP contribution >= 0.6 is 0 Å². The van der Waals surface area contributed by atoms with E-state index in [0.29, 0.717) is 35.5 Å². The van der Waals surface area contributed by atoms with Crippen LogP contribution in [0, 0.1) is 5.41 Å². The van der Waals surface area contributed by atoms with Gasteiger partial charge in [0.2, 0.25) is 6.79 Å². The largest absolute Gasteiger partial charge is 0.462 e. The van der Waals surface area contributed by atoms with E-state index in [4.69, 9.17) is 14.2 Å². The van der Waals surface area contributed by atoms with Gasteiger partial charge in [-0.1, -0.05) is 50.2 Å². The standard InChI is InChI=1S/C28H29NO5/c1-17-24(27(31)32-12-11-18-7-5-4-6-8-18)25(19-9-10-22-23(13-19)34-16-33-22)26-20(29-17)14-28(2,3)15-21(26)30/h4-10,13,25,29H,11-12,14-16H2,1-3H3. The summed E-state index contributed by atoms with van der Waals surface area (Å²) in [5, 5.41) is 3.38. The summed E-state index contributed by atoms with van der Waals surface area (Å²) in [6.07, 6.45) is 1.80. The minimum absolute atomic E-state index is 0.0588. The Kier molecular flexibility index (Phi) is 5.68. The van der Waals surface area contributed by atoms with Crippen molar-refractivity contribution in [2.45, 2.75) is 46.0 Å². The second-order valence-electron chi connectivity index (χ2n) is 9.91. The minimum atomic E-state index is -0.515. The summed E-state index contributed by atoms with van der Waals surface area (Å²) in [6.45, 7) is 6.50. The maximum Gasteiger partial charge on any atom is 0.336 e. The summed E-state index contributed by atoms with van der Waals surface area (Å²) in [5.41, 5.74) is 4.51. The number of carbonyl (C=O) groups is 2. The summed E-state index contributed by atoms with van der Waals surface area (Å²) in [4.78, 5) is 26.8. The first kappa shape index (κ1) is 22.3. The molecule has 0 fully saturated rings. The van der Waals surface area contributed by atoms with Crippen molar-refractivity contribution in [2.24, 2.45) is 5.41 Å². The maximum atomic E-state index is 13.4. The third-order valence-electron chi connectivity index (χ3n) is 6.66. The lowest BCUT2D eigenvalue weighted by molar-refractivity contribution is -0.139. The second kappa shape index (κ2) is 8.67. The molecule has 6 nitrogen and oxygen atoms in total. The molecule has 2 aliphatic heterocycles. The SMILES string of the molecule is CC1=C(C(=O)OCCc2ccccc2)C(c2ccc3c(c2)OCO3)C2=C(CC(C)(C)CC2=O)N1. The van der Waals surface area contributed by atoms with E-state index in [-0.39, 0.29) is 24.6 Å². The quantitative estimate of drug-likeness (QED) is 0.647. The van der Waals surface area contributed by atoms with Crippen LogP contribution in [-0.2, 0) is 20.7 Å². The van der Waals surface area contributed by atoms with Crippen LogP contribution in [0.5, 0.6) is 11.5 Å². The number of hydrogen-bond donors (Lipinski definition) is 1. The van der Waals surface area contributed by atoms with Crippen molar-refractivity contribution in [3.8, 4) is 11.5 Å². The number of carbonyl (C=O) groups excluding carboxylic acids is 2. The maximum absolute atomic E-state index is 13.4. The number of allylic oxidation sites excluding steroid dienone is 3. The highest BCUT2D eigenvalue weighted by atomic mass is 16.7. The first-order valence-electron chi connectivity index (χ1n) is 11.7. The number of nitrogens with one attached hydrogen (secondary N) is 1. The highest BCUT2D eigenvalue weighted by Crippen LogP contribution is 2.48. The molecule has 1 aliphatic carbocycles. The molecule has 0 saturated heterocycles. The van der Waals surface area contributed by atoms with E-state index in [0.717, 1.165) is 28.9 Å².